The number of carbonyl (C=O) groups excluding carboxylic acids is 1. The van der Waals surface area contributed by atoms with Gasteiger partial charge in [-0.2, -0.15) is 11.8 Å². The Kier molecular flexibility index (Phi) is 5.91. The molecule has 0 N–H and O–H groups in total. The van der Waals surface area contributed by atoms with Crippen LogP contribution >= 0.6 is 27.7 Å². The van der Waals surface area contributed by atoms with E-state index in [9.17, 15) is 4.79 Å². The molecule has 0 aromatic heterocycles. The van der Waals surface area contributed by atoms with E-state index in [1.807, 2.05) is 43.1 Å². The average molecular weight is 302 g/mol. The molecule has 0 atom stereocenters. The minimum atomic E-state index is 0.0856. The minimum absolute atomic E-state index is 0.0856. The molecule has 1 aromatic rings. The fourth-order valence-corrected chi connectivity index (χ4v) is 2.21. The predicted molar refractivity (Wildman–Crippen MR) is 74.1 cm³/mol. The Balaban J connectivity index is 2.56. The van der Waals surface area contributed by atoms with Crippen LogP contribution in [0.15, 0.2) is 28.7 Å². The highest BCUT2D eigenvalue weighted by Gasteiger charge is 2.10. The highest BCUT2D eigenvalue weighted by Crippen LogP contribution is 2.13. The fourth-order valence-electron chi connectivity index (χ4n) is 1.39. The zero-order chi connectivity index (χ0) is 12.0. The number of amides is 1. The van der Waals surface area contributed by atoms with Gasteiger partial charge in [-0.3, -0.25) is 4.79 Å². The number of hydrogen-bond donors (Lipinski definition) is 0. The van der Waals surface area contributed by atoms with E-state index in [0.717, 1.165) is 28.8 Å². The van der Waals surface area contributed by atoms with Gasteiger partial charge in [0, 0.05) is 23.6 Å². The van der Waals surface area contributed by atoms with Crippen LogP contribution in [0.1, 0.15) is 16.8 Å². The van der Waals surface area contributed by atoms with Crippen molar-refractivity contribution < 1.29 is 4.79 Å². The molecule has 0 saturated heterocycles. The Morgan fingerprint density at radius 3 is 2.88 bits per heavy atom. The maximum Gasteiger partial charge on any atom is 0.253 e. The molecular formula is C12H16BrNOS. The maximum atomic E-state index is 12.0. The number of nitrogens with zero attached hydrogens (tertiary/aromatic N) is 1. The van der Waals surface area contributed by atoms with E-state index < -0.39 is 0 Å². The molecule has 0 unspecified atom stereocenters. The summed E-state index contributed by atoms with van der Waals surface area (Å²) in [5, 5.41) is 0. The van der Waals surface area contributed by atoms with Crippen molar-refractivity contribution in [3.63, 3.8) is 0 Å². The van der Waals surface area contributed by atoms with Gasteiger partial charge in [0.05, 0.1) is 0 Å². The summed E-state index contributed by atoms with van der Waals surface area (Å²) in [6.07, 6.45) is 3.12. The van der Waals surface area contributed by atoms with Crippen LogP contribution in [0.3, 0.4) is 0 Å². The largest absolute Gasteiger partial charge is 0.342 e. The summed E-state index contributed by atoms with van der Waals surface area (Å²) in [6, 6.07) is 7.50. The van der Waals surface area contributed by atoms with Crippen LogP contribution in [0, 0.1) is 0 Å². The third kappa shape index (κ3) is 4.18. The van der Waals surface area contributed by atoms with Crippen LogP contribution in [-0.2, 0) is 0 Å². The first-order valence-electron chi connectivity index (χ1n) is 5.15. The number of benzene rings is 1. The molecule has 88 valence electrons. The molecule has 0 aliphatic carbocycles. The van der Waals surface area contributed by atoms with E-state index in [0.29, 0.717) is 0 Å². The lowest BCUT2D eigenvalue weighted by atomic mass is 10.2. The Morgan fingerprint density at radius 1 is 1.50 bits per heavy atom. The molecule has 16 heavy (non-hydrogen) atoms. The number of halogens is 1. The molecule has 0 spiro atoms. The second-order valence-electron chi connectivity index (χ2n) is 3.58. The first kappa shape index (κ1) is 13.6. The molecule has 0 aliphatic heterocycles. The SMILES string of the molecule is CSCCCN(C)C(=O)c1cccc(Br)c1. The lowest BCUT2D eigenvalue weighted by Gasteiger charge is -2.16. The van der Waals surface area contributed by atoms with Crippen molar-refractivity contribution in [1.82, 2.24) is 4.90 Å². The van der Waals surface area contributed by atoms with E-state index >= 15 is 0 Å². The summed E-state index contributed by atoms with van der Waals surface area (Å²) in [5.41, 5.74) is 0.737. The van der Waals surface area contributed by atoms with Crippen LogP contribution in [0.5, 0.6) is 0 Å². The smallest absolute Gasteiger partial charge is 0.253 e. The van der Waals surface area contributed by atoms with Gasteiger partial charge in [-0.15, -0.1) is 0 Å². The molecule has 0 bridgehead atoms. The van der Waals surface area contributed by atoms with Crippen LogP contribution in [0.25, 0.3) is 0 Å². The van der Waals surface area contributed by atoms with Gasteiger partial charge in [0.15, 0.2) is 0 Å². The lowest BCUT2D eigenvalue weighted by molar-refractivity contribution is 0.0795. The van der Waals surface area contributed by atoms with Gasteiger partial charge in [0.1, 0.15) is 0 Å². The molecular weight excluding hydrogens is 286 g/mol. The van der Waals surface area contributed by atoms with Crippen molar-refractivity contribution in [2.75, 3.05) is 25.6 Å². The zero-order valence-electron chi connectivity index (χ0n) is 9.57. The van der Waals surface area contributed by atoms with E-state index in [1.165, 1.54) is 0 Å². The van der Waals surface area contributed by atoms with Crippen LogP contribution in [-0.4, -0.2) is 36.4 Å². The van der Waals surface area contributed by atoms with E-state index in [-0.39, 0.29) is 5.91 Å². The Morgan fingerprint density at radius 2 is 2.25 bits per heavy atom. The van der Waals surface area contributed by atoms with Gasteiger partial charge < -0.3 is 4.90 Å². The molecule has 1 amide bonds. The Bertz CT molecular complexity index is 357. The van der Waals surface area contributed by atoms with Crippen LogP contribution in [0.2, 0.25) is 0 Å². The second kappa shape index (κ2) is 6.97. The first-order valence-corrected chi connectivity index (χ1v) is 7.34. The fraction of sp³-hybridized carbons (Fsp3) is 0.417. The van der Waals surface area contributed by atoms with Crippen molar-refractivity contribution in [3.8, 4) is 0 Å². The highest BCUT2D eigenvalue weighted by molar-refractivity contribution is 9.10. The lowest BCUT2D eigenvalue weighted by Crippen LogP contribution is -2.28. The van der Waals surface area contributed by atoms with Crippen molar-refractivity contribution in [2.45, 2.75) is 6.42 Å². The van der Waals surface area contributed by atoms with Gasteiger partial charge in [-0.1, -0.05) is 22.0 Å². The van der Waals surface area contributed by atoms with Crippen molar-refractivity contribution in [3.05, 3.63) is 34.3 Å². The number of hydrogen-bond acceptors (Lipinski definition) is 2. The standard InChI is InChI=1S/C12H16BrNOS/c1-14(7-4-8-16-2)12(15)10-5-3-6-11(13)9-10/h3,5-6,9H,4,7-8H2,1-2H3. The molecule has 0 fully saturated rings. The van der Waals surface area contributed by atoms with Gasteiger partial charge in [-0.25, -0.2) is 0 Å². The van der Waals surface area contributed by atoms with Crippen molar-refractivity contribution >= 4 is 33.6 Å². The number of carbonyl (C=O) groups is 1. The zero-order valence-corrected chi connectivity index (χ0v) is 12.0. The Hall–Kier alpha value is -0.480. The van der Waals surface area contributed by atoms with Crippen molar-refractivity contribution in [2.24, 2.45) is 0 Å². The van der Waals surface area contributed by atoms with Gasteiger partial charge in [-0.05, 0) is 36.6 Å². The topological polar surface area (TPSA) is 20.3 Å². The van der Waals surface area contributed by atoms with Gasteiger partial charge >= 0.3 is 0 Å². The molecule has 0 heterocycles. The minimum Gasteiger partial charge on any atom is -0.342 e. The second-order valence-corrected chi connectivity index (χ2v) is 5.48. The average Bonchev–Trinajstić information content (AvgIpc) is 2.28. The summed E-state index contributed by atoms with van der Waals surface area (Å²) in [7, 11) is 1.85. The molecule has 1 rings (SSSR count). The summed E-state index contributed by atoms with van der Waals surface area (Å²) >= 11 is 5.18. The molecule has 2 nitrogen and oxygen atoms in total. The Labute approximate surface area is 110 Å². The predicted octanol–water partition coefficient (Wildman–Crippen LogP) is 3.27. The summed E-state index contributed by atoms with van der Waals surface area (Å²) in [6.45, 7) is 0.812. The molecule has 0 radical (unpaired) electrons. The highest BCUT2D eigenvalue weighted by atomic mass is 79.9. The van der Waals surface area contributed by atoms with Gasteiger partial charge in [0.2, 0.25) is 0 Å². The molecule has 1 aromatic carbocycles. The van der Waals surface area contributed by atoms with Crippen LogP contribution in [0.4, 0.5) is 0 Å². The summed E-state index contributed by atoms with van der Waals surface area (Å²) < 4.78 is 0.941. The first-order chi connectivity index (χ1) is 7.65. The normalized spacial score (nSPS) is 10.2. The molecule has 0 aliphatic rings. The third-order valence-corrected chi connectivity index (χ3v) is 3.45. The molecule has 4 heteroatoms. The summed E-state index contributed by atoms with van der Waals surface area (Å²) in [4.78, 5) is 13.8. The van der Waals surface area contributed by atoms with Gasteiger partial charge in [0.25, 0.3) is 5.91 Å². The van der Waals surface area contributed by atoms with E-state index in [2.05, 4.69) is 22.2 Å². The van der Waals surface area contributed by atoms with E-state index in [4.69, 9.17) is 0 Å². The van der Waals surface area contributed by atoms with Crippen molar-refractivity contribution in [1.29, 1.82) is 0 Å². The maximum absolute atomic E-state index is 12.0. The monoisotopic (exact) mass is 301 g/mol. The third-order valence-electron chi connectivity index (χ3n) is 2.26. The number of rotatable bonds is 5. The quantitative estimate of drug-likeness (QED) is 0.778. The van der Waals surface area contributed by atoms with Crippen LogP contribution < -0.4 is 0 Å². The summed E-state index contributed by atoms with van der Waals surface area (Å²) in [5.74, 6) is 1.18. The number of thioether (sulfide) groups is 1. The molecule has 0 saturated carbocycles. The van der Waals surface area contributed by atoms with E-state index in [1.54, 1.807) is 4.90 Å².